The normalized spacial score (nSPS) is 10.4. The number of carbonyl (C=O) groups is 1. The maximum atomic E-state index is 13.2. The Labute approximate surface area is 117 Å². The van der Waals surface area contributed by atoms with Crippen LogP contribution in [0.25, 0.3) is 0 Å². The molecule has 2 aromatic carbocycles. The molecule has 0 heterocycles. The Hall–Kier alpha value is -2.36. The molecule has 2 aromatic rings. The third-order valence-electron chi connectivity index (χ3n) is 3.43. The van der Waals surface area contributed by atoms with Gasteiger partial charge in [-0.05, 0) is 61.7 Å². The lowest BCUT2D eigenvalue weighted by atomic mass is 10.1. The number of amides is 1. The summed E-state index contributed by atoms with van der Waals surface area (Å²) >= 11 is 0. The minimum absolute atomic E-state index is 0.298. The number of benzene rings is 2. The molecule has 4 heteroatoms. The first-order valence-electron chi connectivity index (χ1n) is 6.33. The Bertz CT molecular complexity index is 680. The van der Waals surface area contributed by atoms with E-state index in [1.807, 2.05) is 19.9 Å². The highest BCUT2D eigenvalue weighted by atomic mass is 19.1. The number of halogens is 1. The zero-order chi connectivity index (χ0) is 14.9. The maximum Gasteiger partial charge on any atom is 0.255 e. The molecule has 0 spiro atoms. The van der Waals surface area contributed by atoms with Crippen molar-refractivity contribution in [2.24, 2.45) is 0 Å². The predicted octanol–water partition coefficient (Wildman–Crippen LogP) is 3.59. The third kappa shape index (κ3) is 2.64. The number of hydrogen-bond acceptors (Lipinski definition) is 2. The monoisotopic (exact) mass is 272 g/mol. The van der Waals surface area contributed by atoms with Crippen LogP contribution in [0.1, 0.15) is 27.0 Å². The van der Waals surface area contributed by atoms with Crippen LogP contribution in [-0.4, -0.2) is 5.91 Å². The first-order valence-corrected chi connectivity index (χ1v) is 6.33. The molecule has 3 nitrogen and oxygen atoms in total. The summed E-state index contributed by atoms with van der Waals surface area (Å²) in [7, 11) is 0. The first kappa shape index (κ1) is 14.1. The maximum absolute atomic E-state index is 13.2. The molecule has 1 amide bonds. The lowest BCUT2D eigenvalue weighted by Gasteiger charge is -2.13. The van der Waals surface area contributed by atoms with E-state index in [2.05, 4.69) is 5.32 Å². The molecule has 0 fully saturated rings. The first-order chi connectivity index (χ1) is 9.40. The largest absolute Gasteiger partial charge is 0.397 e. The highest BCUT2D eigenvalue weighted by molar-refractivity contribution is 6.06. The van der Waals surface area contributed by atoms with Gasteiger partial charge in [0.2, 0.25) is 0 Å². The average Bonchev–Trinajstić information content (AvgIpc) is 2.42. The van der Waals surface area contributed by atoms with Crippen LogP contribution in [0.3, 0.4) is 0 Å². The zero-order valence-corrected chi connectivity index (χ0v) is 11.8. The fourth-order valence-corrected chi connectivity index (χ4v) is 1.97. The van der Waals surface area contributed by atoms with Crippen molar-refractivity contribution < 1.29 is 9.18 Å². The van der Waals surface area contributed by atoms with Crippen LogP contribution in [0.5, 0.6) is 0 Å². The van der Waals surface area contributed by atoms with E-state index in [1.54, 1.807) is 13.0 Å². The number of rotatable bonds is 2. The third-order valence-corrected chi connectivity index (χ3v) is 3.43. The molecule has 0 atom stereocenters. The van der Waals surface area contributed by atoms with E-state index in [0.29, 0.717) is 22.5 Å². The molecule has 0 aliphatic heterocycles. The summed E-state index contributed by atoms with van der Waals surface area (Å²) in [5.74, 6) is -0.624. The number of nitrogens with two attached hydrogens (primary N) is 1. The summed E-state index contributed by atoms with van der Waals surface area (Å²) in [6.07, 6.45) is 0. The summed E-state index contributed by atoms with van der Waals surface area (Å²) in [4.78, 5) is 12.2. The van der Waals surface area contributed by atoms with Crippen LogP contribution < -0.4 is 11.1 Å². The molecule has 0 bridgehead atoms. The molecule has 20 heavy (non-hydrogen) atoms. The Morgan fingerprint density at radius 2 is 1.80 bits per heavy atom. The molecule has 0 unspecified atom stereocenters. The molecule has 0 radical (unpaired) electrons. The Balaban J connectivity index is 2.32. The van der Waals surface area contributed by atoms with Crippen molar-refractivity contribution in [1.82, 2.24) is 0 Å². The second kappa shape index (κ2) is 5.33. The molecule has 0 aromatic heterocycles. The summed E-state index contributed by atoms with van der Waals surface area (Å²) in [6, 6.07) is 7.93. The molecule has 0 saturated heterocycles. The van der Waals surface area contributed by atoms with E-state index in [0.717, 1.165) is 11.1 Å². The van der Waals surface area contributed by atoms with Crippen LogP contribution >= 0.6 is 0 Å². The Kier molecular flexibility index (Phi) is 3.74. The summed E-state index contributed by atoms with van der Waals surface area (Å²) in [5, 5.41) is 2.80. The molecule has 0 saturated carbocycles. The van der Waals surface area contributed by atoms with Gasteiger partial charge in [0.1, 0.15) is 5.82 Å². The second-order valence-electron chi connectivity index (χ2n) is 4.89. The van der Waals surface area contributed by atoms with Gasteiger partial charge in [-0.3, -0.25) is 4.79 Å². The van der Waals surface area contributed by atoms with E-state index in [1.165, 1.54) is 18.2 Å². The van der Waals surface area contributed by atoms with E-state index < -0.39 is 0 Å². The van der Waals surface area contributed by atoms with Crippen LogP contribution in [0.15, 0.2) is 30.3 Å². The van der Waals surface area contributed by atoms with E-state index in [4.69, 9.17) is 5.73 Å². The lowest BCUT2D eigenvalue weighted by molar-refractivity contribution is 0.102. The number of anilines is 2. The highest BCUT2D eigenvalue weighted by Crippen LogP contribution is 2.26. The number of nitrogen functional groups attached to an aromatic ring is 1. The van der Waals surface area contributed by atoms with Crippen molar-refractivity contribution in [1.29, 1.82) is 0 Å². The van der Waals surface area contributed by atoms with Crippen molar-refractivity contribution >= 4 is 17.3 Å². The van der Waals surface area contributed by atoms with Gasteiger partial charge in [-0.25, -0.2) is 4.39 Å². The zero-order valence-electron chi connectivity index (χ0n) is 11.8. The molecule has 2 rings (SSSR count). The fraction of sp³-hybridized carbons (Fsp3) is 0.188. The molecule has 0 aliphatic rings. The smallest absolute Gasteiger partial charge is 0.255 e. The Morgan fingerprint density at radius 1 is 1.10 bits per heavy atom. The van der Waals surface area contributed by atoms with Crippen LogP contribution in [-0.2, 0) is 0 Å². The quantitative estimate of drug-likeness (QED) is 0.821. The topological polar surface area (TPSA) is 55.1 Å². The van der Waals surface area contributed by atoms with Crippen LogP contribution in [0.4, 0.5) is 15.8 Å². The summed E-state index contributed by atoms with van der Waals surface area (Å²) in [6.45, 7) is 5.47. The summed E-state index contributed by atoms with van der Waals surface area (Å²) in [5.41, 5.74) is 9.84. The number of hydrogen-bond donors (Lipinski definition) is 2. The molecule has 3 N–H and O–H groups in total. The van der Waals surface area contributed by atoms with E-state index >= 15 is 0 Å². The van der Waals surface area contributed by atoms with Gasteiger partial charge in [-0.2, -0.15) is 0 Å². The van der Waals surface area contributed by atoms with Crippen LogP contribution in [0, 0.1) is 26.6 Å². The van der Waals surface area contributed by atoms with Gasteiger partial charge in [-0.15, -0.1) is 0 Å². The SMILES string of the molecule is Cc1cc(C(=O)Nc2c(N)ccc(C)c2C)ccc1F. The highest BCUT2D eigenvalue weighted by Gasteiger charge is 2.12. The van der Waals surface area contributed by atoms with Gasteiger partial charge < -0.3 is 11.1 Å². The minimum atomic E-state index is -0.326. The number of nitrogens with one attached hydrogen (secondary N) is 1. The average molecular weight is 272 g/mol. The van der Waals surface area contributed by atoms with E-state index in [9.17, 15) is 9.18 Å². The molecular weight excluding hydrogens is 255 g/mol. The van der Waals surface area contributed by atoms with Crippen molar-refractivity contribution in [3.8, 4) is 0 Å². The fourth-order valence-electron chi connectivity index (χ4n) is 1.97. The van der Waals surface area contributed by atoms with Crippen molar-refractivity contribution in [2.45, 2.75) is 20.8 Å². The molecular formula is C16H17FN2O. The summed E-state index contributed by atoms with van der Waals surface area (Å²) < 4.78 is 13.2. The van der Waals surface area contributed by atoms with Crippen LogP contribution in [0.2, 0.25) is 0 Å². The minimum Gasteiger partial charge on any atom is -0.397 e. The second-order valence-corrected chi connectivity index (χ2v) is 4.89. The van der Waals surface area contributed by atoms with Crippen molar-refractivity contribution in [3.05, 3.63) is 58.4 Å². The van der Waals surface area contributed by atoms with Gasteiger partial charge >= 0.3 is 0 Å². The standard InChI is InChI=1S/C16H17FN2O/c1-9-4-7-14(18)15(11(9)3)19-16(20)12-5-6-13(17)10(2)8-12/h4-8H,18H2,1-3H3,(H,19,20). The van der Waals surface area contributed by atoms with Gasteiger partial charge in [0.05, 0.1) is 11.4 Å². The van der Waals surface area contributed by atoms with Crippen molar-refractivity contribution in [2.75, 3.05) is 11.1 Å². The molecule has 0 aliphatic carbocycles. The van der Waals surface area contributed by atoms with Gasteiger partial charge in [0.25, 0.3) is 5.91 Å². The van der Waals surface area contributed by atoms with E-state index in [-0.39, 0.29) is 11.7 Å². The number of aryl methyl sites for hydroxylation is 2. The lowest BCUT2D eigenvalue weighted by Crippen LogP contribution is -2.15. The van der Waals surface area contributed by atoms with Crippen molar-refractivity contribution in [3.63, 3.8) is 0 Å². The predicted molar refractivity (Wildman–Crippen MR) is 79.4 cm³/mol. The van der Waals surface area contributed by atoms with Gasteiger partial charge in [0, 0.05) is 5.56 Å². The van der Waals surface area contributed by atoms with Gasteiger partial charge in [-0.1, -0.05) is 6.07 Å². The van der Waals surface area contributed by atoms with Gasteiger partial charge in [0.15, 0.2) is 0 Å². The molecule has 104 valence electrons. The number of carbonyl (C=O) groups excluding carboxylic acids is 1. The Morgan fingerprint density at radius 3 is 2.45 bits per heavy atom.